The van der Waals surface area contributed by atoms with Crippen LogP contribution in [0.1, 0.15) is 27.4 Å². The molecule has 0 aliphatic heterocycles. The minimum absolute atomic E-state index is 0.0189. The number of aromatic nitrogens is 2. The van der Waals surface area contributed by atoms with Gasteiger partial charge < -0.3 is 24.7 Å². The summed E-state index contributed by atoms with van der Waals surface area (Å²) >= 11 is 1.26. The van der Waals surface area contributed by atoms with Crippen LogP contribution in [0, 0.1) is 24.8 Å². The molecule has 2 aromatic carbocycles. The summed E-state index contributed by atoms with van der Waals surface area (Å²) in [5, 5.41) is 19.4. The van der Waals surface area contributed by atoms with Gasteiger partial charge in [-0.05, 0) is 48.9 Å². The van der Waals surface area contributed by atoms with Crippen LogP contribution in [-0.4, -0.2) is 41.4 Å². The highest BCUT2D eigenvalue weighted by Crippen LogP contribution is 2.42. The Morgan fingerprint density at radius 3 is 2.49 bits per heavy atom. The van der Waals surface area contributed by atoms with E-state index in [4.69, 9.17) is 31.3 Å². The Morgan fingerprint density at radius 2 is 1.87 bits per heavy atom. The van der Waals surface area contributed by atoms with Gasteiger partial charge in [0, 0.05) is 16.9 Å². The summed E-state index contributed by atoms with van der Waals surface area (Å²) < 4.78 is 16.0. The number of nitrogens with zero attached hydrogens (tertiary/aromatic N) is 4. The van der Waals surface area contributed by atoms with Gasteiger partial charge in [0.2, 0.25) is 11.6 Å². The smallest absolute Gasteiger partial charge is 0.337 e. The fourth-order valence-electron chi connectivity index (χ4n) is 3.74. The molecule has 11 heteroatoms. The van der Waals surface area contributed by atoms with E-state index in [2.05, 4.69) is 20.9 Å². The molecule has 0 amide bonds. The van der Waals surface area contributed by atoms with E-state index < -0.39 is 5.97 Å². The third kappa shape index (κ3) is 5.85. The molecule has 2 aromatic heterocycles. The third-order valence-corrected chi connectivity index (χ3v) is 6.67. The van der Waals surface area contributed by atoms with Gasteiger partial charge in [0.25, 0.3) is 0 Å². The highest BCUT2D eigenvalue weighted by molar-refractivity contribution is 7.98. The summed E-state index contributed by atoms with van der Waals surface area (Å²) in [6.45, 7) is 9.46. The number of benzene rings is 2. The molecule has 0 saturated carbocycles. The Bertz CT molecular complexity index is 1590. The number of aryl methyl sites for hydroxylation is 1. The lowest BCUT2D eigenvalue weighted by molar-refractivity contribution is 0.0600. The second-order valence-electron chi connectivity index (χ2n) is 8.10. The SMILES string of the molecule is [C-]#[N+]c1c(N)nc(SCc2nc(-c3ccc(C(=O)OC)cc3)oc2C)c(C#N)c1-c1ccc(OCCO)cc1. The number of hydrogen-bond donors (Lipinski definition) is 2. The highest BCUT2D eigenvalue weighted by atomic mass is 32.2. The van der Waals surface area contributed by atoms with Gasteiger partial charge >= 0.3 is 5.97 Å². The number of aliphatic hydroxyl groups excluding tert-OH is 1. The first-order valence-electron chi connectivity index (χ1n) is 11.6. The lowest BCUT2D eigenvalue weighted by Gasteiger charge is -2.13. The van der Waals surface area contributed by atoms with Gasteiger partial charge in [-0.2, -0.15) is 5.26 Å². The Hall–Kier alpha value is -4.84. The summed E-state index contributed by atoms with van der Waals surface area (Å²) in [4.78, 5) is 24.2. The van der Waals surface area contributed by atoms with Crippen LogP contribution >= 0.6 is 11.8 Å². The van der Waals surface area contributed by atoms with Crippen molar-refractivity contribution in [1.29, 1.82) is 5.26 Å². The minimum Gasteiger partial charge on any atom is -0.491 e. The summed E-state index contributed by atoms with van der Waals surface area (Å²) in [5.74, 6) is 1.45. The summed E-state index contributed by atoms with van der Waals surface area (Å²) in [7, 11) is 1.32. The van der Waals surface area contributed by atoms with Crippen molar-refractivity contribution in [3.63, 3.8) is 0 Å². The second kappa shape index (κ2) is 12.1. The van der Waals surface area contributed by atoms with Crippen molar-refractivity contribution in [1.82, 2.24) is 9.97 Å². The normalized spacial score (nSPS) is 10.5. The number of nitrogens with two attached hydrogens (primary N) is 1. The number of aliphatic hydroxyl groups is 1. The molecule has 196 valence electrons. The average molecular weight is 542 g/mol. The number of ether oxygens (including phenoxy) is 2. The van der Waals surface area contributed by atoms with Gasteiger partial charge in [0.05, 0.1) is 37.1 Å². The maximum absolute atomic E-state index is 11.7. The van der Waals surface area contributed by atoms with E-state index in [1.54, 1.807) is 55.5 Å². The Kier molecular flexibility index (Phi) is 8.46. The molecular formula is C28H23N5O5S. The maximum Gasteiger partial charge on any atom is 0.337 e. The first-order chi connectivity index (χ1) is 18.9. The van der Waals surface area contributed by atoms with Crippen LogP contribution in [0.2, 0.25) is 0 Å². The number of anilines is 1. The predicted octanol–water partition coefficient (Wildman–Crippen LogP) is 5.17. The molecule has 0 aliphatic rings. The number of oxazole rings is 1. The van der Waals surface area contributed by atoms with Gasteiger partial charge in [-0.1, -0.05) is 23.9 Å². The standard InChI is InChI=1S/C28H23N5O5S/c1-16-22(32-26(38-16)18-4-6-19(7-5-18)28(35)36-3)15-39-27-21(14-29)23(24(31-2)25(30)33-27)17-8-10-20(11-9-17)37-13-12-34/h4-11,34H,12-13,15H2,1,3H3,(H2,30,33). The number of hydrogen-bond acceptors (Lipinski definition) is 10. The summed E-state index contributed by atoms with van der Waals surface area (Å²) in [6.07, 6.45) is 0. The number of nitrogen functional groups attached to an aromatic ring is 1. The topological polar surface area (TPSA) is 149 Å². The lowest BCUT2D eigenvalue weighted by Crippen LogP contribution is -2.02. The fraction of sp³-hybridized carbons (Fsp3) is 0.179. The molecule has 0 spiro atoms. The molecule has 0 fully saturated rings. The predicted molar refractivity (Wildman–Crippen MR) is 145 cm³/mol. The van der Waals surface area contributed by atoms with Crippen LogP contribution in [0.3, 0.4) is 0 Å². The van der Waals surface area contributed by atoms with Crippen molar-refractivity contribution in [3.05, 3.63) is 82.5 Å². The van der Waals surface area contributed by atoms with Crippen LogP contribution in [0.5, 0.6) is 5.75 Å². The van der Waals surface area contributed by atoms with E-state index in [1.165, 1.54) is 18.9 Å². The van der Waals surface area contributed by atoms with E-state index in [-0.39, 0.29) is 30.3 Å². The van der Waals surface area contributed by atoms with Gasteiger partial charge in [0.1, 0.15) is 35.0 Å². The Balaban J connectivity index is 1.62. The maximum atomic E-state index is 11.7. The van der Waals surface area contributed by atoms with Crippen molar-refractivity contribution in [2.45, 2.75) is 17.7 Å². The van der Waals surface area contributed by atoms with E-state index in [0.717, 1.165) is 0 Å². The zero-order valence-electron chi connectivity index (χ0n) is 21.1. The fourth-order valence-corrected chi connectivity index (χ4v) is 4.74. The van der Waals surface area contributed by atoms with E-state index in [0.29, 0.717) is 56.1 Å². The minimum atomic E-state index is -0.433. The molecule has 0 saturated heterocycles. The van der Waals surface area contributed by atoms with Crippen molar-refractivity contribution < 1.29 is 23.8 Å². The molecule has 0 radical (unpaired) electrons. The molecule has 10 nitrogen and oxygen atoms in total. The third-order valence-electron chi connectivity index (χ3n) is 5.68. The van der Waals surface area contributed by atoms with Crippen molar-refractivity contribution in [2.75, 3.05) is 26.1 Å². The van der Waals surface area contributed by atoms with Gasteiger partial charge in [0.15, 0.2) is 0 Å². The number of methoxy groups -OCH3 is 1. The molecule has 4 rings (SSSR count). The monoisotopic (exact) mass is 541 g/mol. The molecule has 3 N–H and O–H groups in total. The van der Waals surface area contributed by atoms with Gasteiger partial charge in [-0.15, -0.1) is 0 Å². The van der Waals surface area contributed by atoms with E-state index >= 15 is 0 Å². The molecule has 4 aromatic rings. The van der Waals surface area contributed by atoms with E-state index in [9.17, 15) is 10.1 Å². The van der Waals surface area contributed by atoms with Crippen molar-refractivity contribution >= 4 is 29.2 Å². The zero-order chi connectivity index (χ0) is 27.9. The number of rotatable bonds is 9. The molecule has 2 heterocycles. The molecule has 0 atom stereocenters. The quantitative estimate of drug-likeness (QED) is 0.165. The van der Waals surface area contributed by atoms with Crippen LogP contribution in [-0.2, 0) is 10.5 Å². The average Bonchev–Trinajstić information content (AvgIpc) is 3.34. The van der Waals surface area contributed by atoms with Crippen LogP contribution in [0.15, 0.2) is 58.0 Å². The molecule has 0 aliphatic carbocycles. The van der Waals surface area contributed by atoms with Crippen LogP contribution in [0.4, 0.5) is 11.5 Å². The highest BCUT2D eigenvalue weighted by Gasteiger charge is 2.22. The number of carbonyl (C=O) groups is 1. The first-order valence-corrected chi connectivity index (χ1v) is 12.6. The van der Waals surface area contributed by atoms with Crippen LogP contribution < -0.4 is 10.5 Å². The molecule has 0 unspecified atom stereocenters. The largest absolute Gasteiger partial charge is 0.491 e. The Morgan fingerprint density at radius 1 is 1.18 bits per heavy atom. The first kappa shape index (κ1) is 27.2. The number of esters is 1. The summed E-state index contributed by atoms with van der Waals surface area (Å²) in [5.41, 5.74) is 9.22. The van der Waals surface area contributed by atoms with Crippen LogP contribution in [0.25, 0.3) is 27.4 Å². The zero-order valence-corrected chi connectivity index (χ0v) is 21.9. The molecular weight excluding hydrogens is 518 g/mol. The van der Waals surface area contributed by atoms with Crippen molar-refractivity contribution in [2.24, 2.45) is 0 Å². The second-order valence-corrected chi connectivity index (χ2v) is 9.06. The molecule has 39 heavy (non-hydrogen) atoms. The Labute approximate surface area is 228 Å². The number of nitriles is 1. The molecule has 0 bridgehead atoms. The summed E-state index contributed by atoms with van der Waals surface area (Å²) in [6, 6.07) is 15.7. The number of pyridine rings is 1. The van der Waals surface area contributed by atoms with E-state index in [1.807, 2.05) is 0 Å². The lowest BCUT2D eigenvalue weighted by atomic mass is 10.00. The van der Waals surface area contributed by atoms with Gasteiger partial charge in [-0.25, -0.2) is 19.6 Å². The number of thioether (sulfide) groups is 1. The van der Waals surface area contributed by atoms with Gasteiger partial charge in [-0.3, -0.25) is 0 Å². The van der Waals surface area contributed by atoms with Crippen molar-refractivity contribution in [3.8, 4) is 34.4 Å². The number of carbonyl (C=O) groups excluding carboxylic acids is 1.